The molecule has 0 radical (unpaired) electrons. The van der Waals surface area contributed by atoms with Crippen molar-refractivity contribution in [2.24, 2.45) is 5.16 Å². The molecule has 1 aromatic heterocycles. The van der Waals surface area contributed by atoms with Crippen LogP contribution in [0.4, 0.5) is 0 Å². The lowest BCUT2D eigenvalue weighted by Crippen LogP contribution is -2.35. The van der Waals surface area contributed by atoms with Crippen LogP contribution in [0, 0.1) is 0 Å². The molecule has 2 aromatic rings. The predicted molar refractivity (Wildman–Crippen MR) is 84.7 cm³/mol. The summed E-state index contributed by atoms with van der Waals surface area (Å²) in [5, 5.41) is 4.05. The first-order valence-corrected chi connectivity index (χ1v) is 7.95. The van der Waals surface area contributed by atoms with Gasteiger partial charge in [-0.25, -0.2) is 0 Å². The lowest BCUT2D eigenvalue weighted by atomic mass is 10.0. The molecule has 0 bridgehead atoms. The van der Waals surface area contributed by atoms with Crippen LogP contribution in [-0.4, -0.2) is 23.1 Å². The van der Waals surface area contributed by atoms with E-state index in [4.69, 9.17) is 9.25 Å². The van der Waals surface area contributed by atoms with Gasteiger partial charge in [-0.1, -0.05) is 35.5 Å². The van der Waals surface area contributed by atoms with Gasteiger partial charge in [-0.05, 0) is 30.5 Å². The summed E-state index contributed by atoms with van der Waals surface area (Å²) in [5.74, 6) is 0.803. The van der Waals surface area contributed by atoms with E-state index in [1.165, 1.54) is 0 Å². The average molecular weight is 310 g/mol. The summed E-state index contributed by atoms with van der Waals surface area (Å²) in [6, 6.07) is 13.7. The first-order chi connectivity index (χ1) is 11.3. The molecule has 0 spiro atoms. The van der Waals surface area contributed by atoms with Gasteiger partial charge in [-0.3, -0.25) is 4.79 Å². The third-order valence-electron chi connectivity index (χ3n) is 4.47. The van der Waals surface area contributed by atoms with E-state index in [0.29, 0.717) is 12.1 Å². The van der Waals surface area contributed by atoms with Crippen LogP contribution < -0.4 is 0 Å². The third-order valence-corrected chi connectivity index (χ3v) is 4.47. The number of hydrogen-bond donors (Lipinski definition) is 0. The van der Waals surface area contributed by atoms with Crippen molar-refractivity contribution in [2.75, 3.05) is 6.54 Å². The Hall–Kier alpha value is -2.56. The second kappa shape index (κ2) is 5.91. The summed E-state index contributed by atoms with van der Waals surface area (Å²) in [6.07, 6.45) is 3.91. The maximum Gasteiger partial charge on any atom is 0.272 e. The number of hydrogen-bond acceptors (Lipinski definition) is 4. The van der Waals surface area contributed by atoms with Crippen molar-refractivity contribution in [3.05, 3.63) is 60.1 Å². The van der Waals surface area contributed by atoms with Gasteiger partial charge in [0.25, 0.3) is 5.91 Å². The minimum Gasteiger partial charge on any atom is -0.467 e. The van der Waals surface area contributed by atoms with Crippen LogP contribution in [0.5, 0.6) is 0 Å². The fraction of sp³-hybridized carbons (Fsp3) is 0.333. The Labute approximate surface area is 134 Å². The molecule has 0 aliphatic carbocycles. The van der Waals surface area contributed by atoms with E-state index in [1.807, 2.05) is 47.4 Å². The molecule has 5 heteroatoms. The Kier molecular flexibility index (Phi) is 3.61. The summed E-state index contributed by atoms with van der Waals surface area (Å²) < 4.78 is 5.49. The van der Waals surface area contributed by atoms with E-state index in [-0.39, 0.29) is 18.1 Å². The first-order valence-electron chi connectivity index (χ1n) is 7.95. The van der Waals surface area contributed by atoms with Gasteiger partial charge in [0.2, 0.25) is 0 Å². The molecule has 2 unspecified atom stereocenters. The number of carbonyl (C=O) groups excluding carboxylic acids is 1. The van der Waals surface area contributed by atoms with Crippen LogP contribution in [0.1, 0.15) is 42.7 Å². The van der Waals surface area contributed by atoms with Crippen molar-refractivity contribution in [3.63, 3.8) is 0 Å². The van der Waals surface area contributed by atoms with Crippen molar-refractivity contribution >= 4 is 11.6 Å². The molecule has 118 valence electrons. The van der Waals surface area contributed by atoms with Gasteiger partial charge in [0.05, 0.1) is 12.3 Å². The summed E-state index contributed by atoms with van der Waals surface area (Å²) >= 11 is 0. The van der Waals surface area contributed by atoms with Gasteiger partial charge in [0, 0.05) is 13.0 Å². The fourth-order valence-corrected chi connectivity index (χ4v) is 3.30. The van der Waals surface area contributed by atoms with Crippen molar-refractivity contribution in [3.8, 4) is 0 Å². The molecule has 2 aliphatic rings. The topological polar surface area (TPSA) is 55.0 Å². The highest BCUT2D eigenvalue weighted by Crippen LogP contribution is 2.34. The number of benzene rings is 1. The zero-order chi connectivity index (χ0) is 15.6. The van der Waals surface area contributed by atoms with Crippen LogP contribution in [0.15, 0.2) is 58.3 Å². The van der Waals surface area contributed by atoms with Gasteiger partial charge in [0.15, 0.2) is 6.10 Å². The number of rotatable bonds is 3. The second-order valence-electron chi connectivity index (χ2n) is 5.92. The highest BCUT2D eigenvalue weighted by molar-refractivity contribution is 6.39. The van der Waals surface area contributed by atoms with E-state index >= 15 is 0 Å². The lowest BCUT2D eigenvalue weighted by molar-refractivity contribution is -0.125. The van der Waals surface area contributed by atoms with Crippen molar-refractivity contribution < 1.29 is 14.0 Å². The summed E-state index contributed by atoms with van der Waals surface area (Å²) in [5.41, 5.74) is 1.54. The van der Waals surface area contributed by atoms with Crippen LogP contribution in [0.25, 0.3) is 0 Å². The molecule has 0 N–H and O–H groups in total. The molecule has 23 heavy (non-hydrogen) atoms. The second-order valence-corrected chi connectivity index (χ2v) is 5.92. The molecule has 1 fully saturated rings. The molecule has 2 aliphatic heterocycles. The van der Waals surface area contributed by atoms with Crippen LogP contribution in [0.2, 0.25) is 0 Å². The molecule has 2 atom stereocenters. The fourth-order valence-electron chi connectivity index (χ4n) is 3.30. The van der Waals surface area contributed by atoms with Gasteiger partial charge in [-0.2, -0.15) is 0 Å². The molecule has 1 amide bonds. The van der Waals surface area contributed by atoms with E-state index in [1.54, 1.807) is 6.26 Å². The standard InChI is InChI=1S/C18H18N2O3/c21-18(20-10-4-8-15(20)16-9-5-11-22-16)14-12-17(23-19-14)13-6-2-1-3-7-13/h1-3,5-7,9,11,15,17H,4,8,10,12H2. The highest BCUT2D eigenvalue weighted by atomic mass is 16.6. The van der Waals surface area contributed by atoms with Crippen LogP contribution in [0.3, 0.4) is 0 Å². The molecular formula is C18H18N2O3. The molecule has 5 nitrogen and oxygen atoms in total. The molecule has 4 rings (SSSR count). The van der Waals surface area contributed by atoms with E-state index in [2.05, 4.69) is 5.16 Å². The van der Waals surface area contributed by atoms with Crippen molar-refractivity contribution in [1.82, 2.24) is 4.90 Å². The van der Waals surface area contributed by atoms with E-state index in [0.717, 1.165) is 30.7 Å². The molecular weight excluding hydrogens is 292 g/mol. The zero-order valence-corrected chi connectivity index (χ0v) is 12.7. The normalized spacial score (nSPS) is 23.7. The Balaban J connectivity index is 1.47. The van der Waals surface area contributed by atoms with Gasteiger partial charge in [-0.15, -0.1) is 0 Å². The Morgan fingerprint density at radius 2 is 2.04 bits per heavy atom. The molecule has 1 saturated heterocycles. The number of furan rings is 1. The Morgan fingerprint density at radius 3 is 2.83 bits per heavy atom. The first kappa shape index (κ1) is 14.1. The van der Waals surface area contributed by atoms with Crippen molar-refractivity contribution in [1.29, 1.82) is 0 Å². The van der Waals surface area contributed by atoms with Gasteiger partial charge >= 0.3 is 0 Å². The Bertz CT molecular complexity index is 709. The Morgan fingerprint density at radius 1 is 1.17 bits per heavy atom. The van der Waals surface area contributed by atoms with Crippen LogP contribution in [-0.2, 0) is 9.63 Å². The van der Waals surface area contributed by atoms with Crippen molar-refractivity contribution in [2.45, 2.75) is 31.4 Å². The third kappa shape index (κ3) is 2.63. The number of carbonyl (C=O) groups is 1. The molecule has 0 saturated carbocycles. The predicted octanol–water partition coefficient (Wildman–Crippen LogP) is 3.46. The highest BCUT2D eigenvalue weighted by Gasteiger charge is 2.37. The number of oxime groups is 1. The van der Waals surface area contributed by atoms with Gasteiger partial charge < -0.3 is 14.2 Å². The minimum absolute atomic E-state index is 0.0102. The largest absolute Gasteiger partial charge is 0.467 e. The maximum absolute atomic E-state index is 12.8. The number of amides is 1. The quantitative estimate of drug-likeness (QED) is 0.872. The summed E-state index contributed by atoms with van der Waals surface area (Å²) in [7, 11) is 0. The lowest BCUT2D eigenvalue weighted by Gasteiger charge is -2.22. The number of nitrogens with zero attached hydrogens (tertiary/aromatic N) is 2. The smallest absolute Gasteiger partial charge is 0.272 e. The average Bonchev–Trinajstić information content (AvgIpc) is 3.34. The maximum atomic E-state index is 12.8. The monoisotopic (exact) mass is 310 g/mol. The molecule has 1 aromatic carbocycles. The number of likely N-dealkylation sites (tertiary alicyclic amines) is 1. The van der Waals surface area contributed by atoms with E-state index in [9.17, 15) is 4.79 Å². The summed E-state index contributed by atoms with van der Waals surface area (Å²) in [6.45, 7) is 0.735. The SMILES string of the molecule is O=C(C1=NOC(c2ccccc2)C1)N1CCCC1c1ccco1. The minimum atomic E-state index is -0.167. The van der Waals surface area contributed by atoms with Gasteiger partial charge in [0.1, 0.15) is 11.5 Å². The summed E-state index contributed by atoms with van der Waals surface area (Å²) in [4.78, 5) is 20.1. The zero-order valence-electron chi connectivity index (χ0n) is 12.7. The van der Waals surface area contributed by atoms with E-state index < -0.39 is 0 Å². The molecule has 3 heterocycles. The van der Waals surface area contributed by atoms with Crippen LogP contribution >= 0.6 is 0 Å².